The molecule has 2 aromatic rings. The van der Waals surface area contributed by atoms with Gasteiger partial charge in [0.25, 0.3) is 0 Å². The molecule has 0 fully saturated rings. The van der Waals surface area contributed by atoms with Crippen molar-refractivity contribution in [2.24, 2.45) is 0 Å². The second kappa shape index (κ2) is 15.9. The molecule has 25 heavy (non-hydrogen) atoms. The fourth-order valence-electron chi connectivity index (χ4n) is 2.15. The molecule has 0 heterocycles. The van der Waals surface area contributed by atoms with E-state index in [2.05, 4.69) is 26.7 Å². The zero-order valence-corrected chi connectivity index (χ0v) is 23.1. The minimum Gasteiger partial charge on any atom is -0.781 e. The van der Waals surface area contributed by atoms with Gasteiger partial charge in [0.2, 0.25) is 0 Å². The van der Waals surface area contributed by atoms with E-state index in [1.54, 1.807) is 5.90 Å². The van der Waals surface area contributed by atoms with Crippen LogP contribution in [0.5, 0.6) is 0 Å². The van der Waals surface area contributed by atoms with Crippen LogP contribution in [0, 0.1) is 0 Å². The van der Waals surface area contributed by atoms with Crippen LogP contribution in [-0.4, -0.2) is 32.6 Å². The van der Waals surface area contributed by atoms with Crippen LogP contribution in [0.4, 0.5) is 0 Å². The minimum absolute atomic E-state index is 0. The van der Waals surface area contributed by atoms with Crippen LogP contribution in [0.2, 0.25) is 0 Å². The topological polar surface area (TPSA) is 0 Å². The van der Waals surface area contributed by atoms with Crippen molar-refractivity contribution >= 4 is 50.9 Å². The van der Waals surface area contributed by atoms with E-state index in [-0.39, 0.29) is 58.0 Å². The molecule has 0 spiro atoms. The monoisotopic (exact) mass is 770 g/mol. The Morgan fingerprint density at radius 1 is 0.640 bits per heavy atom. The van der Waals surface area contributed by atoms with Crippen molar-refractivity contribution < 1.29 is 42.1 Å². The first-order valence-corrected chi connectivity index (χ1v) is 13.9. The summed E-state index contributed by atoms with van der Waals surface area (Å²) in [6, 6.07) is 19.7. The molecule has 0 unspecified atom stereocenters. The molecule has 0 saturated carbocycles. The third-order valence-electron chi connectivity index (χ3n) is 2.99. The molecule has 144 valence electrons. The first-order chi connectivity index (χ1) is 10.9. The molecular weight excluding hydrogens is 744 g/mol. The van der Waals surface area contributed by atoms with Crippen molar-refractivity contribution in [1.82, 2.24) is 0 Å². The third-order valence-corrected chi connectivity index (χ3v) is 9.65. The van der Waals surface area contributed by atoms with Gasteiger partial charge in [0.05, 0.1) is 0 Å². The number of benzene rings is 2. The molecule has 0 aromatic heterocycles. The summed E-state index contributed by atoms with van der Waals surface area (Å²) in [6.45, 7) is 9.56. The molecule has 0 amide bonds. The molecule has 2 aromatic carbocycles. The van der Waals surface area contributed by atoms with Crippen LogP contribution in [0.15, 0.2) is 60.7 Å². The van der Waals surface area contributed by atoms with E-state index in [1.807, 2.05) is 60.7 Å². The van der Waals surface area contributed by atoms with Gasteiger partial charge in [0, 0.05) is 84.6 Å². The summed E-state index contributed by atoms with van der Waals surface area (Å²) in [5.74, 6) is 1.56. The molecule has 0 bridgehead atoms. The van der Waals surface area contributed by atoms with E-state index in [0.29, 0.717) is 0 Å². The first-order valence-electron chi connectivity index (χ1n) is 7.69. The van der Waals surface area contributed by atoms with Crippen molar-refractivity contribution in [3.8, 4) is 0 Å². The van der Waals surface area contributed by atoms with Crippen molar-refractivity contribution in [3.63, 3.8) is 0 Å². The summed E-state index contributed by atoms with van der Waals surface area (Å²) in [7, 11) is 0.222. The predicted molar refractivity (Wildman–Crippen MR) is 120 cm³/mol. The zero-order valence-electron chi connectivity index (χ0n) is 14.9. The van der Waals surface area contributed by atoms with E-state index < -0.39 is 0 Å². The van der Waals surface area contributed by atoms with Crippen molar-refractivity contribution in [3.05, 3.63) is 71.8 Å². The van der Waals surface area contributed by atoms with Gasteiger partial charge in [-0.05, 0) is 11.1 Å². The maximum Gasteiger partial charge on any atom is 0.154 e. The maximum atomic E-state index is 5.38. The molecular formula is C19H26P2Pt2S2. The largest absolute Gasteiger partial charge is 0.781 e. The average molecular weight is 771 g/mol. The molecule has 0 atom stereocenters. The fourth-order valence-corrected chi connectivity index (χ4v) is 8.31. The maximum absolute atomic E-state index is 5.38. The second-order valence-electron chi connectivity index (χ2n) is 5.98. The van der Waals surface area contributed by atoms with Gasteiger partial charge in [0.1, 0.15) is 0 Å². The van der Waals surface area contributed by atoms with E-state index in [0.717, 1.165) is 20.9 Å². The van der Waals surface area contributed by atoms with Gasteiger partial charge in [-0.2, -0.15) is 9.81 Å². The zero-order chi connectivity index (χ0) is 17.2. The van der Waals surface area contributed by atoms with Crippen LogP contribution in [0.3, 0.4) is 0 Å². The Hall–Kier alpha value is 0.857. The molecule has 0 saturated heterocycles. The van der Waals surface area contributed by atoms with Crippen LogP contribution in [0.25, 0.3) is 9.81 Å². The third kappa shape index (κ3) is 12.0. The van der Waals surface area contributed by atoms with E-state index >= 15 is 0 Å². The molecule has 2 rings (SSSR count). The SMILES string of the molecule is C[PH+](C)C[PH+](C)C.[Pt].[Pt].[S-]/C(=C(\[S-])c1ccccc1)c1ccccc1. The molecule has 0 radical (unpaired) electrons. The van der Waals surface area contributed by atoms with Crippen molar-refractivity contribution in [2.45, 2.75) is 0 Å². The van der Waals surface area contributed by atoms with E-state index in [9.17, 15) is 0 Å². The normalized spacial score (nSPS) is 10.8. The molecule has 0 aliphatic heterocycles. The van der Waals surface area contributed by atoms with Crippen LogP contribution < -0.4 is 0 Å². The van der Waals surface area contributed by atoms with Gasteiger partial charge in [-0.3, -0.25) is 0 Å². The van der Waals surface area contributed by atoms with Gasteiger partial charge < -0.3 is 25.3 Å². The first kappa shape index (κ1) is 28.1. The predicted octanol–water partition coefficient (Wildman–Crippen LogP) is 5.49. The Labute approximate surface area is 195 Å². The standard InChI is InChI=1S/C14H12S2.C5H14P2.2Pt/c15-13(11-7-3-1-4-8-11)14(16)12-9-5-2-6-10-12;1-6(2)5-7(3)4;;/h1-10,15-16H;5H2,1-4H3;;/b14-13-;;;. The summed E-state index contributed by atoms with van der Waals surface area (Å²) in [5, 5.41) is 0. The molecule has 0 aliphatic carbocycles. The Morgan fingerprint density at radius 2 is 0.920 bits per heavy atom. The molecule has 0 aliphatic rings. The Kier molecular flexibility index (Phi) is 17.8. The summed E-state index contributed by atoms with van der Waals surface area (Å²) >= 11 is 10.8. The van der Waals surface area contributed by atoms with Gasteiger partial charge in [0.15, 0.2) is 5.90 Å². The molecule has 0 nitrogen and oxygen atoms in total. The minimum atomic E-state index is 0. The van der Waals surface area contributed by atoms with Crippen LogP contribution >= 0.6 is 15.8 Å². The summed E-state index contributed by atoms with van der Waals surface area (Å²) in [5.41, 5.74) is 2.01. The van der Waals surface area contributed by atoms with Gasteiger partial charge >= 0.3 is 0 Å². The van der Waals surface area contributed by atoms with E-state index in [1.165, 1.54) is 0 Å². The fraction of sp³-hybridized carbons (Fsp3) is 0.263. The van der Waals surface area contributed by atoms with Crippen LogP contribution in [-0.2, 0) is 67.4 Å². The molecule has 0 N–H and O–H groups in total. The smallest absolute Gasteiger partial charge is 0.154 e. The van der Waals surface area contributed by atoms with Crippen molar-refractivity contribution in [1.29, 1.82) is 0 Å². The Bertz CT molecular complexity index is 550. The van der Waals surface area contributed by atoms with E-state index in [4.69, 9.17) is 25.3 Å². The van der Waals surface area contributed by atoms with Gasteiger partial charge in [-0.15, -0.1) is 0 Å². The quantitative estimate of drug-likeness (QED) is 0.230. The molecule has 6 heteroatoms. The second-order valence-corrected chi connectivity index (χ2v) is 13.0. The van der Waals surface area contributed by atoms with Crippen LogP contribution in [0.1, 0.15) is 11.1 Å². The Balaban J connectivity index is 0. The Morgan fingerprint density at radius 3 is 1.12 bits per heavy atom. The summed E-state index contributed by atoms with van der Waals surface area (Å²) in [6.07, 6.45) is 0. The number of rotatable bonds is 4. The van der Waals surface area contributed by atoms with Gasteiger partial charge in [-0.25, -0.2) is 0 Å². The summed E-state index contributed by atoms with van der Waals surface area (Å²) in [4.78, 5) is 1.48. The number of hydrogen-bond donors (Lipinski definition) is 0. The van der Waals surface area contributed by atoms with Gasteiger partial charge in [-0.1, -0.05) is 60.7 Å². The number of hydrogen-bond acceptors (Lipinski definition) is 2. The average Bonchev–Trinajstić information content (AvgIpc) is 2.54. The summed E-state index contributed by atoms with van der Waals surface area (Å²) < 4.78 is 0. The van der Waals surface area contributed by atoms with Crippen molar-refractivity contribution in [2.75, 3.05) is 32.6 Å².